The summed E-state index contributed by atoms with van der Waals surface area (Å²) in [7, 11) is 1.63. The lowest BCUT2D eigenvalue weighted by Crippen LogP contribution is -2.19. The lowest BCUT2D eigenvalue weighted by Gasteiger charge is -2.13. The zero-order valence-electron chi connectivity index (χ0n) is 15.8. The summed E-state index contributed by atoms with van der Waals surface area (Å²) in [5.41, 5.74) is 10.2. The van der Waals surface area contributed by atoms with Crippen molar-refractivity contribution in [3.05, 3.63) is 60.0 Å². The van der Waals surface area contributed by atoms with Gasteiger partial charge in [-0.2, -0.15) is 0 Å². The van der Waals surface area contributed by atoms with Crippen molar-refractivity contribution in [1.29, 1.82) is 0 Å². The van der Waals surface area contributed by atoms with Crippen LogP contribution in [0, 0.1) is 13.8 Å². The minimum atomic E-state index is -0.634. The summed E-state index contributed by atoms with van der Waals surface area (Å²) in [6.45, 7) is 3.72. The molecule has 0 atom stereocenters. The Morgan fingerprint density at radius 3 is 2.46 bits per heavy atom. The first kappa shape index (κ1) is 17.7. The van der Waals surface area contributed by atoms with Crippen molar-refractivity contribution in [1.82, 2.24) is 9.72 Å². The Morgan fingerprint density at radius 2 is 1.86 bits per heavy atom. The molecule has 2 amide bonds. The summed E-state index contributed by atoms with van der Waals surface area (Å²) < 4.78 is 12.8. The molecule has 0 aliphatic carbocycles. The average Bonchev–Trinajstić information content (AvgIpc) is 3.18. The van der Waals surface area contributed by atoms with Crippen LogP contribution in [0.15, 0.2) is 53.1 Å². The standard InChI is InChI=1S/C21H20N4O3/c1-12-18(13(2)28-24-12)20-19(23-21(22)26)16-6-4-5-7-17(16)25(20)14-8-10-15(27-3)11-9-14/h4-11H,1-3H3,(H3,22,23,26). The Morgan fingerprint density at radius 1 is 1.14 bits per heavy atom. The van der Waals surface area contributed by atoms with Crippen LogP contribution < -0.4 is 15.8 Å². The second-order valence-electron chi connectivity index (χ2n) is 6.46. The van der Waals surface area contributed by atoms with Crippen LogP contribution in [0.2, 0.25) is 0 Å². The van der Waals surface area contributed by atoms with E-state index >= 15 is 0 Å². The van der Waals surface area contributed by atoms with Gasteiger partial charge in [-0.05, 0) is 44.2 Å². The lowest BCUT2D eigenvalue weighted by molar-refractivity contribution is 0.259. The molecular formula is C21H20N4O3. The maximum absolute atomic E-state index is 11.8. The Labute approximate surface area is 161 Å². The third-order valence-corrected chi connectivity index (χ3v) is 4.72. The van der Waals surface area contributed by atoms with Gasteiger partial charge in [0.25, 0.3) is 0 Å². The van der Waals surface area contributed by atoms with Crippen molar-refractivity contribution in [2.24, 2.45) is 5.73 Å². The van der Waals surface area contributed by atoms with Crippen molar-refractivity contribution >= 4 is 22.6 Å². The molecule has 2 heterocycles. The molecular weight excluding hydrogens is 356 g/mol. The monoisotopic (exact) mass is 376 g/mol. The third-order valence-electron chi connectivity index (χ3n) is 4.72. The molecule has 2 aromatic heterocycles. The van der Waals surface area contributed by atoms with Crippen molar-refractivity contribution < 1.29 is 14.1 Å². The highest BCUT2D eigenvalue weighted by Gasteiger charge is 2.25. The molecule has 0 aliphatic rings. The number of anilines is 1. The number of hydrogen-bond donors (Lipinski definition) is 2. The molecule has 2 aromatic carbocycles. The molecule has 0 spiro atoms. The Kier molecular flexibility index (Phi) is 4.27. The SMILES string of the molecule is COc1ccc(-n2c(-c3c(C)noc3C)c(NC(N)=O)c3ccccc32)cc1. The topological polar surface area (TPSA) is 95.3 Å². The number of aryl methyl sites for hydroxylation is 2. The number of hydrogen-bond acceptors (Lipinski definition) is 4. The van der Waals surface area contributed by atoms with E-state index in [4.69, 9.17) is 15.0 Å². The van der Waals surface area contributed by atoms with Crippen LogP contribution in [0.4, 0.5) is 10.5 Å². The summed E-state index contributed by atoms with van der Waals surface area (Å²) >= 11 is 0. The number of rotatable bonds is 4. The number of amides is 2. The predicted octanol–water partition coefficient (Wildman–Crippen LogP) is 4.40. The summed E-state index contributed by atoms with van der Waals surface area (Å²) in [5.74, 6) is 1.41. The van der Waals surface area contributed by atoms with Crippen molar-refractivity contribution in [2.75, 3.05) is 12.4 Å². The largest absolute Gasteiger partial charge is 0.497 e. The van der Waals surface area contributed by atoms with Crippen molar-refractivity contribution in [2.45, 2.75) is 13.8 Å². The lowest BCUT2D eigenvalue weighted by atomic mass is 10.1. The minimum absolute atomic E-state index is 0.619. The number of carbonyl (C=O) groups excluding carboxylic acids is 1. The Balaban J connectivity index is 2.12. The fraction of sp³-hybridized carbons (Fsp3) is 0.143. The normalized spacial score (nSPS) is 11.0. The zero-order valence-corrected chi connectivity index (χ0v) is 15.8. The zero-order chi connectivity index (χ0) is 19.8. The maximum atomic E-state index is 11.8. The van der Waals surface area contributed by atoms with E-state index in [0.717, 1.165) is 39.3 Å². The molecule has 7 nitrogen and oxygen atoms in total. The fourth-order valence-electron chi connectivity index (χ4n) is 3.55. The van der Waals surface area contributed by atoms with Crippen LogP contribution in [-0.4, -0.2) is 22.9 Å². The van der Waals surface area contributed by atoms with E-state index < -0.39 is 6.03 Å². The number of nitrogens with zero attached hydrogens (tertiary/aromatic N) is 2. The van der Waals surface area contributed by atoms with E-state index in [0.29, 0.717) is 11.4 Å². The van der Waals surface area contributed by atoms with E-state index in [2.05, 4.69) is 15.0 Å². The molecule has 4 aromatic rings. The Bertz CT molecular complexity index is 1150. The van der Waals surface area contributed by atoms with Gasteiger partial charge in [-0.3, -0.25) is 0 Å². The minimum Gasteiger partial charge on any atom is -0.497 e. The van der Waals surface area contributed by atoms with Gasteiger partial charge in [0, 0.05) is 11.1 Å². The molecule has 0 saturated heterocycles. The van der Waals surface area contributed by atoms with Crippen LogP contribution in [0.25, 0.3) is 27.8 Å². The number of fused-ring (bicyclic) bond motifs is 1. The van der Waals surface area contributed by atoms with E-state index in [1.807, 2.05) is 62.4 Å². The molecule has 0 aliphatic heterocycles. The molecule has 0 radical (unpaired) electrons. The smallest absolute Gasteiger partial charge is 0.316 e. The second kappa shape index (κ2) is 6.77. The number of benzene rings is 2. The summed E-state index contributed by atoms with van der Waals surface area (Å²) in [5, 5.41) is 7.76. The van der Waals surface area contributed by atoms with Gasteiger partial charge in [-0.15, -0.1) is 0 Å². The number of nitrogens with two attached hydrogens (primary N) is 1. The maximum Gasteiger partial charge on any atom is 0.316 e. The molecule has 3 N–H and O–H groups in total. The quantitative estimate of drug-likeness (QED) is 0.552. The molecule has 0 bridgehead atoms. The highest BCUT2D eigenvalue weighted by Crippen LogP contribution is 2.42. The van der Waals surface area contributed by atoms with Crippen LogP contribution in [-0.2, 0) is 0 Å². The molecule has 28 heavy (non-hydrogen) atoms. The summed E-state index contributed by atoms with van der Waals surface area (Å²) in [6, 6.07) is 14.9. The van der Waals surface area contributed by atoms with Gasteiger partial charge in [0.15, 0.2) is 0 Å². The molecule has 0 fully saturated rings. The van der Waals surface area contributed by atoms with Gasteiger partial charge in [-0.1, -0.05) is 23.4 Å². The summed E-state index contributed by atoms with van der Waals surface area (Å²) in [4.78, 5) is 11.8. The third kappa shape index (κ3) is 2.77. The summed E-state index contributed by atoms with van der Waals surface area (Å²) in [6.07, 6.45) is 0. The molecule has 142 valence electrons. The number of para-hydroxylation sites is 1. The van der Waals surface area contributed by atoms with Crippen molar-refractivity contribution in [3.8, 4) is 22.7 Å². The van der Waals surface area contributed by atoms with E-state index in [1.54, 1.807) is 7.11 Å². The first-order valence-corrected chi connectivity index (χ1v) is 8.79. The van der Waals surface area contributed by atoms with E-state index in [1.165, 1.54) is 0 Å². The number of urea groups is 1. The van der Waals surface area contributed by atoms with Gasteiger partial charge < -0.3 is 24.9 Å². The predicted molar refractivity (Wildman–Crippen MR) is 108 cm³/mol. The second-order valence-corrected chi connectivity index (χ2v) is 6.46. The number of primary amides is 1. The molecule has 4 rings (SSSR count). The number of aromatic nitrogens is 2. The average molecular weight is 376 g/mol. The van der Waals surface area contributed by atoms with Crippen LogP contribution in [0.1, 0.15) is 11.5 Å². The van der Waals surface area contributed by atoms with Crippen LogP contribution in [0.5, 0.6) is 5.75 Å². The van der Waals surface area contributed by atoms with Gasteiger partial charge >= 0.3 is 6.03 Å². The van der Waals surface area contributed by atoms with Gasteiger partial charge in [0.05, 0.1) is 35.3 Å². The fourth-order valence-corrected chi connectivity index (χ4v) is 3.55. The van der Waals surface area contributed by atoms with Crippen LogP contribution >= 0.6 is 0 Å². The van der Waals surface area contributed by atoms with Gasteiger partial charge in [0.2, 0.25) is 0 Å². The van der Waals surface area contributed by atoms with E-state index in [9.17, 15) is 4.79 Å². The Hall–Kier alpha value is -3.74. The van der Waals surface area contributed by atoms with Crippen molar-refractivity contribution in [3.63, 3.8) is 0 Å². The number of nitrogens with one attached hydrogen (secondary N) is 1. The molecule has 0 unspecified atom stereocenters. The number of carbonyl (C=O) groups is 1. The van der Waals surface area contributed by atoms with Gasteiger partial charge in [-0.25, -0.2) is 4.79 Å². The first-order valence-electron chi connectivity index (χ1n) is 8.79. The highest BCUT2D eigenvalue weighted by atomic mass is 16.5. The van der Waals surface area contributed by atoms with Gasteiger partial charge in [0.1, 0.15) is 11.5 Å². The number of ether oxygens (including phenoxy) is 1. The van der Waals surface area contributed by atoms with E-state index in [-0.39, 0.29) is 0 Å². The molecule has 7 heteroatoms. The number of methoxy groups -OCH3 is 1. The first-order chi connectivity index (χ1) is 13.5. The molecule has 0 saturated carbocycles. The highest BCUT2D eigenvalue weighted by molar-refractivity contribution is 6.09. The van der Waals surface area contributed by atoms with Crippen LogP contribution in [0.3, 0.4) is 0 Å².